The molecule has 1 aromatic carbocycles. The van der Waals surface area contributed by atoms with Gasteiger partial charge in [-0.05, 0) is 74.6 Å². The quantitative estimate of drug-likeness (QED) is 0.814. The number of benzene rings is 1. The summed E-state index contributed by atoms with van der Waals surface area (Å²) in [6.07, 6.45) is 6.76. The highest BCUT2D eigenvalue weighted by Gasteiger charge is 2.25. The van der Waals surface area contributed by atoms with Crippen molar-refractivity contribution >= 4 is 17.3 Å². The highest BCUT2D eigenvalue weighted by atomic mass is 16.1. The number of aryl methyl sites for hydroxylation is 2. The van der Waals surface area contributed by atoms with E-state index in [1.165, 1.54) is 24.0 Å². The highest BCUT2D eigenvalue weighted by molar-refractivity contribution is 5.91. The Bertz CT molecular complexity index is 948. The van der Waals surface area contributed by atoms with Crippen molar-refractivity contribution in [1.29, 1.82) is 0 Å². The van der Waals surface area contributed by atoms with Gasteiger partial charge in [0.25, 0.3) is 5.56 Å². The fraction of sp³-hybridized carbons (Fsp3) is 0.522. The maximum atomic E-state index is 12.5. The van der Waals surface area contributed by atoms with Crippen LogP contribution in [0, 0.1) is 25.7 Å². The number of carbonyl (C=O) groups is 1. The molecular formula is C23H30N4O2. The lowest BCUT2D eigenvalue weighted by Gasteiger charge is -2.34. The van der Waals surface area contributed by atoms with E-state index in [1.807, 2.05) is 18.2 Å². The van der Waals surface area contributed by atoms with Gasteiger partial charge in [-0.2, -0.15) is 5.10 Å². The molecule has 0 spiro atoms. The Hall–Kier alpha value is -2.63. The number of rotatable bonds is 6. The minimum absolute atomic E-state index is 0.0241. The lowest BCUT2D eigenvalue weighted by Crippen LogP contribution is -2.38. The van der Waals surface area contributed by atoms with E-state index < -0.39 is 0 Å². The van der Waals surface area contributed by atoms with Gasteiger partial charge in [-0.25, -0.2) is 4.68 Å². The van der Waals surface area contributed by atoms with Gasteiger partial charge in [-0.1, -0.05) is 6.07 Å². The largest absolute Gasteiger partial charge is 0.370 e. The lowest BCUT2D eigenvalue weighted by atomic mass is 9.94. The van der Waals surface area contributed by atoms with E-state index >= 15 is 0 Å². The highest BCUT2D eigenvalue weighted by Crippen LogP contribution is 2.30. The van der Waals surface area contributed by atoms with Gasteiger partial charge in [0.2, 0.25) is 5.91 Å². The van der Waals surface area contributed by atoms with E-state index in [0.717, 1.165) is 43.9 Å². The molecule has 1 atom stereocenters. The first-order chi connectivity index (χ1) is 14.0. The van der Waals surface area contributed by atoms with E-state index in [9.17, 15) is 9.59 Å². The number of piperidine rings is 1. The monoisotopic (exact) mass is 394 g/mol. The van der Waals surface area contributed by atoms with Crippen LogP contribution in [0.2, 0.25) is 0 Å². The number of hydrogen-bond donors (Lipinski definition) is 1. The predicted octanol–water partition coefficient (Wildman–Crippen LogP) is 3.52. The number of nitrogens with one attached hydrogen (secondary N) is 1. The van der Waals surface area contributed by atoms with E-state index in [-0.39, 0.29) is 17.4 Å². The van der Waals surface area contributed by atoms with Crippen molar-refractivity contribution in [2.75, 3.05) is 23.3 Å². The molecule has 1 amide bonds. The van der Waals surface area contributed by atoms with Gasteiger partial charge >= 0.3 is 0 Å². The Labute approximate surface area is 171 Å². The van der Waals surface area contributed by atoms with Crippen LogP contribution in [0.4, 0.5) is 11.4 Å². The molecule has 1 N–H and O–H groups in total. The predicted molar refractivity (Wildman–Crippen MR) is 115 cm³/mol. The molecule has 6 heteroatoms. The summed E-state index contributed by atoms with van der Waals surface area (Å²) in [5.74, 6) is 0.962. The Balaban J connectivity index is 1.35. The Morgan fingerprint density at radius 2 is 1.97 bits per heavy atom. The average molecular weight is 395 g/mol. The number of nitrogens with zero attached hydrogens (tertiary/aromatic N) is 3. The summed E-state index contributed by atoms with van der Waals surface area (Å²) < 4.78 is 1.58. The van der Waals surface area contributed by atoms with E-state index in [4.69, 9.17) is 0 Å². The van der Waals surface area contributed by atoms with Crippen molar-refractivity contribution in [2.24, 2.45) is 11.8 Å². The SMILES string of the molecule is Cc1ccc(NC(=O)CC2CCCN(c3cnn(CC4CC4)c(=O)c3)C2)cc1C. The Kier molecular flexibility index (Phi) is 5.69. The van der Waals surface area contributed by atoms with Crippen LogP contribution in [0.25, 0.3) is 0 Å². The smallest absolute Gasteiger partial charge is 0.268 e. The fourth-order valence-corrected chi connectivity index (χ4v) is 4.04. The number of amides is 1. The third-order valence-electron chi connectivity index (χ3n) is 6.13. The second kappa shape index (κ2) is 8.39. The number of anilines is 2. The van der Waals surface area contributed by atoms with Gasteiger partial charge in [-0.3, -0.25) is 9.59 Å². The molecule has 1 unspecified atom stereocenters. The summed E-state index contributed by atoms with van der Waals surface area (Å²) in [4.78, 5) is 27.1. The van der Waals surface area contributed by atoms with Crippen molar-refractivity contribution in [3.05, 3.63) is 51.9 Å². The van der Waals surface area contributed by atoms with Crippen LogP contribution < -0.4 is 15.8 Å². The maximum Gasteiger partial charge on any atom is 0.268 e. The van der Waals surface area contributed by atoms with Crippen molar-refractivity contribution < 1.29 is 4.79 Å². The Morgan fingerprint density at radius 3 is 2.69 bits per heavy atom. The fourth-order valence-electron chi connectivity index (χ4n) is 4.04. The second-order valence-electron chi connectivity index (χ2n) is 8.68. The zero-order valence-electron chi connectivity index (χ0n) is 17.4. The molecule has 1 aromatic heterocycles. The van der Waals surface area contributed by atoms with Crippen LogP contribution in [-0.4, -0.2) is 28.8 Å². The molecule has 154 valence electrons. The molecule has 1 saturated heterocycles. The topological polar surface area (TPSA) is 67.2 Å². The number of aromatic nitrogens is 2. The summed E-state index contributed by atoms with van der Waals surface area (Å²) >= 11 is 0. The van der Waals surface area contributed by atoms with Gasteiger partial charge < -0.3 is 10.2 Å². The first-order valence-corrected chi connectivity index (χ1v) is 10.7. The summed E-state index contributed by atoms with van der Waals surface area (Å²) in [6.45, 7) is 6.55. The van der Waals surface area contributed by atoms with E-state index in [0.29, 0.717) is 12.3 Å². The summed E-state index contributed by atoms with van der Waals surface area (Å²) in [7, 11) is 0. The normalized spacial score (nSPS) is 19.2. The van der Waals surface area contributed by atoms with Crippen molar-refractivity contribution in [2.45, 2.75) is 52.5 Å². The summed E-state index contributed by atoms with van der Waals surface area (Å²) in [5.41, 5.74) is 4.11. The summed E-state index contributed by atoms with van der Waals surface area (Å²) in [6, 6.07) is 7.71. The molecule has 2 heterocycles. The molecule has 2 fully saturated rings. The van der Waals surface area contributed by atoms with Crippen molar-refractivity contribution in [1.82, 2.24) is 9.78 Å². The average Bonchev–Trinajstić information content (AvgIpc) is 3.51. The van der Waals surface area contributed by atoms with Crippen LogP contribution in [0.1, 0.15) is 43.2 Å². The lowest BCUT2D eigenvalue weighted by molar-refractivity contribution is -0.117. The first-order valence-electron chi connectivity index (χ1n) is 10.7. The van der Waals surface area contributed by atoms with Crippen molar-refractivity contribution in [3.8, 4) is 0 Å². The Morgan fingerprint density at radius 1 is 1.14 bits per heavy atom. The van der Waals surface area contributed by atoms with Crippen LogP contribution in [-0.2, 0) is 11.3 Å². The minimum atomic E-state index is -0.0241. The van der Waals surface area contributed by atoms with Gasteiger partial charge in [0.05, 0.1) is 11.9 Å². The molecule has 0 radical (unpaired) electrons. The third kappa shape index (κ3) is 5.05. The zero-order chi connectivity index (χ0) is 20.4. The van der Waals surface area contributed by atoms with Crippen LogP contribution in [0.5, 0.6) is 0 Å². The zero-order valence-corrected chi connectivity index (χ0v) is 17.4. The second-order valence-corrected chi connectivity index (χ2v) is 8.68. The molecule has 1 aliphatic carbocycles. The standard InChI is InChI=1S/C23H30N4O2/c1-16-5-8-20(10-17(16)2)25-22(28)11-19-4-3-9-26(14-19)21-12-23(29)27(24-13-21)15-18-6-7-18/h5,8,10,12-13,18-19H,3-4,6-7,9,11,14-15H2,1-2H3,(H,25,28). The number of hydrogen-bond acceptors (Lipinski definition) is 4. The molecule has 2 aromatic rings. The van der Waals surface area contributed by atoms with Gasteiger partial charge in [0.1, 0.15) is 0 Å². The molecule has 6 nitrogen and oxygen atoms in total. The molecule has 0 bridgehead atoms. The molecule has 4 rings (SSSR count). The maximum absolute atomic E-state index is 12.5. The van der Waals surface area contributed by atoms with Crippen LogP contribution >= 0.6 is 0 Å². The molecule has 2 aliphatic rings. The minimum Gasteiger partial charge on any atom is -0.370 e. The van der Waals surface area contributed by atoms with Gasteiger partial charge in [-0.15, -0.1) is 0 Å². The summed E-state index contributed by atoms with van der Waals surface area (Å²) in [5, 5.41) is 7.40. The number of carbonyl (C=O) groups excluding carboxylic acids is 1. The third-order valence-corrected chi connectivity index (χ3v) is 6.13. The van der Waals surface area contributed by atoms with E-state index in [1.54, 1.807) is 16.9 Å². The van der Waals surface area contributed by atoms with Gasteiger partial charge in [0.15, 0.2) is 0 Å². The van der Waals surface area contributed by atoms with Crippen LogP contribution in [0.15, 0.2) is 35.3 Å². The first kappa shape index (κ1) is 19.7. The molecule has 29 heavy (non-hydrogen) atoms. The molecule has 1 saturated carbocycles. The molecule has 1 aliphatic heterocycles. The van der Waals surface area contributed by atoms with Crippen molar-refractivity contribution in [3.63, 3.8) is 0 Å². The van der Waals surface area contributed by atoms with E-state index in [2.05, 4.69) is 29.2 Å². The molecular weight excluding hydrogens is 364 g/mol. The van der Waals surface area contributed by atoms with Gasteiger partial charge in [0, 0.05) is 37.8 Å². The van der Waals surface area contributed by atoms with Crippen LogP contribution in [0.3, 0.4) is 0 Å².